The van der Waals surface area contributed by atoms with Crippen molar-refractivity contribution < 1.29 is 4.79 Å². The van der Waals surface area contributed by atoms with Gasteiger partial charge in [0, 0.05) is 13.0 Å². The molecule has 0 atom stereocenters. The molecule has 0 aliphatic heterocycles. The van der Waals surface area contributed by atoms with Crippen molar-refractivity contribution in [2.75, 3.05) is 6.54 Å². The Hall–Kier alpha value is -1.12. The molecule has 6 heteroatoms. The third-order valence-corrected chi connectivity index (χ3v) is 2.17. The lowest BCUT2D eigenvalue weighted by atomic mass is 10.4. The third kappa shape index (κ3) is 3.01. The third-order valence-electron chi connectivity index (χ3n) is 1.15. The highest BCUT2D eigenvalue weighted by Gasteiger charge is 2.10. The van der Waals surface area contributed by atoms with Crippen molar-refractivity contribution in [2.24, 2.45) is 0 Å². The van der Waals surface area contributed by atoms with Crippen LogP contribution in [0.15, 0.2) is 0 Å². The average Bonchev–Trinajstić information content (AvgIpc) is 2.52. The molecular formula is C7H6ClN3OS. The van der Waals surface area contributed by atoms with Gasteiger partial charge in [0.05, 0.1) is 0 Å². The van der Waals surface area contributed by atoms with E-state index in [1.807, 2.05) is 0 Å². The van der Waals surface area contributed by atoms with Gasteiger partial charge in [-0.1, -0.05) is 11.3 Å². The molecule has 0 radical (unpaired) electrons. The maximum absolute atomic E-state index is 11.2. The van der Waals surface area contributed by atoms with Crippen molar-refractivity contribution in [3.8, 4) is 12.3 Å². The van der Waals surface area contributed by atoms with Crippen LogP contribution in [0.25, 0.3) is 0 Å². The fraction of sp³-hybridized carbons (Fsp3) is 0.286. The lowest BCUT2D eigenvalue weighted by molar-refractivity contribution is 0.0953. The monoisotopic (exact) mass is 215 g/mol. The van der Waals surface area contributed by atoms with Crippen molar-refractivity contribution in [3.05, 3.63) is 9.47 Å². The minimum Gasteiger partial charge on any atom is -0.349 e. The van der Waals surface area contributed by atoms with Crippen LogP contribution in [-0.2, 0) is 0 Å². The zero-order chi connectivity index (χ0) is 9.68. The number of aromatic nitrogens is 2. The summed E-state index contributed by atoms with van der Waals surface area (Å²) in [6, 6.07) is 0. The standard InChI is InChI=1S/C7H6ClN3OS/c1-2-3-4-9-5(12)6-10-11-7(8)13-6/h1H,3-4H2,(H,9,12). The van der Waals surface area contributed by atoms with Crippen LogP contribution in [0.5, 0.6) is 0 Å². The molecule has 1 rings (SSSR count). The van der Waals surface area contributed by atoms with Gasteiger partial charge in [-0.3, -0.25) is 4.79 Å². The summed E-state index contributed by atoms with van der Waals surface area (Å²) in [5.41, 5.74) is 0. The van der Waals surface area contributed by atoms with Crippen LogP contribution in [0.2, 0.25) is 4.47 Å². The molecule has 0 saturated carbocycles. The summed E-state index contributed by atoms with van der Waals surface area (Å²) < 4.78 is 0.252. The van der Waals surface area contributed by atoms with Crippen LogP contribution in [0.3, 0.4) is 0 Å². The van der Waals surface area contributed by atoms with Crippen molar-refractivity contribution in [1.29, 1.82) is 0 Å². The topological polar surface area (TPSA) is 54.9 Å². The van der Waals surface area contributed by atoms with Gasteiger partial charge in [0.1, 0.15) is 0 Å². The molecule has 1 aromatic heterocycles. The molecule has 4 nitrogen and oxygen atoms in total. The number of terminal acetylenes is 1. The molecule has 1 heterocycles. The van der Waals surface area contributed by atoms with E-state index in [1.54, 1.807) is 0 Å². The van der Waals surface area contributed by atoms with E-state index in [2.05, 4.69) is 21.4 Å². The highest BCUT2D eigenvalue weighted by molar-refractivity contribution is 7.17. The number of carbonyl (C=O) groups excluding carboxylic acids is 1. The van der Waals surface area contributed by atoms with Crippen LogP contribution in [0.4, 0.5) is 0 Å². The Balaban J connectivity index is 2.45. The Labute approximate surface area is 84.3 Å². The molecule has 0 saturated heterocycles. The maximum atomic E-state index is 11.2. The highest BCUT2D eigenvalue weighted by atomic mass is 35.5. The number of amides is 1. The largest absolute Gasteiger partial charge is 0.349 e. The van der Waals surface area contributed by atoms with Gasteiger partial charge in [0.2, 0.25) is 9.47 Å². The lowest BCUT2D eigenvalue weighted by Gasteiger charge is -1.96. The van der Waals surface area contributed by atoms with Gasteiger partial charge in [-0.2, -0.15) is 0 Å². The highest BCUT2D eigenvalue weighted by Crippen LogP contribution is 2.14. The molecular weight excluding hydrogens is 210 g/mol. The van der Waals surface area contributed by atoms with E-state index in [1.165, 1.54) is 0 Å². The maximum Gasteiger partial charge on any atom is 0.282 e. The molecule has 0 spiro atoms. The van der Waals surface area contributed by atoms with Crippen LogP contribution in [0, 0.1) is 12.3 Å². The molecule has 1 aromatic rings. The summed E-state index contributed by atoms with van der Waals surface area (Å²) in [6.07, 6.45) is 5.51. The van der Waals surface area contributed by atoms with E-state index in [0.717, 1.165) is 11.3 Å². The van der Waals surface area contributed by atoms with E-state index in [4.69, 9.17) is 18.0 Å². The van der Waals surface area contributed by atoms with Crippen molar-refractivity contribution in [1.82, 2.24) is 15.5 Å². The number of hydrogen-bond acceptors (Lipinski definition) is 4. The second kappa shape index (κ2) is 4.80. The first-order valence-corrected chi connectivity index (χ1v) is 4.64. The van der Waals surface area contributed by atoms with Gasteiger partial charge in [0.15, 0.2) is 0 Å². The fourth-order valence-corrected chi connectivity index (χ4v) is 1.37. The first-order valence-electron chi connectivity index (χ1n) is 3.44. The molecule has 1 N–H and O–H groups in total. The van der Waals surface area contributed by atoms with Crippen LogP contribution in [0.1, 0.15) is 16.2 Å². The van der Waals surface area contributed by atoms with Crippen LogP contribution >= 0.6 is 22.9 Å². The summed E-state index contributed by atoms with van der Waals surface area (Å²) in [5, 5.41) is 9.90. The number of nitrogens with one attached hydrogen (secondary N) is 1. The molecule has 0 aliphatic rings. The van der Waals surface area contributed by atoms with Gasteiger partial charge >= 0.3 is 0 Å². The molecule has 0 aliphatic carbocycles. The molecule has 0 bridgehead atoms. The van der Waals surface area contributed by atoms with Crippen LogP contribution in [-0.4, -0.2) is 22.6 Å². The van der Waals surface area contributed by atoms with Crippen molar-refractivity contribution >= 4 is 28.8 Å². The smallest absolute Gasteiger partial charge is 0.282 e. The molecule has 68 valence electrons. The molecule has 13 heavy (non-hydrogen) atoms. The van der Waals surface area contributed by atoms with Gasteiger partial charge in [-0.05, 0) is 11.6 Å². The predicted octanol–water partition coefficient (Wildman–Crippen LogP) is 0.945. The van der Waals surface area contributed by atoms with E-state index in [-0.39, 0.29) is 15.4 Å². The first-order chi connectivity index (χ1) is 6.24. The lowest BCUT2D eigenvalue weighted by Crippen LogP contribution is -2.23. The van der Waals surface area contributed by atoms with Crippen molar-refractivity contribution in [2.45, 2.75) is 6.42 Å². The normalized spacial score (nSPS) is 9.23. The van der Waals surface area contributed by atoms with E-state index >= 15 is 0 Å². The molecule has 0 fully saturated rings. The minimum absolute atomic E-state index is 0.252. The number of halogens is 1. The fourth-order valence-electron chi connectivity index (χ4n) is 0.621. The van der Waals surface area contributed by atoms with Crippen LogP contribution < -0.4 is 5.32 Å². The summed E-state index contributed by atoms with van der Waals surface area (Å²) in [6.45, 7) is 0.437. The summed E-state index contributed by atoms with van der Waals surface area (Å²) in [7, 11) is 0. The van der Waals surface area contributed by atoms with Crippen molar-refractivity contribution in [3.63, 3.8) is 0 Å². The summed E-state index contributed by atoms with van der Waals surface area (Å²) in [5.74, 6) is 2.11. The van der Waals surface area contributed by atoms with Gasteiger partial charge in [-0.25, -0.2) is 0 Å². The zero-order valence-electron chi connectivity index (χ0n) is 6.58. The second-order valence-electron chi connectivity index (χ2n) is 2.07. The van der Waals surface area contributed by atoms with Gasteiger partial charge in [-0.15, -0.1) is 22.5 Å². The first kappa shape index (κ1) is 9.96. The van der Waals surface area contributed by atoms with E-state index < -0.39 is 0 Å². The minimum atomic E-state index is -0.292. The molecule has 0 unspecified atom stereocenters. The second-order valence-corrected chi connectivity index (χ2v) is 3.63. The van der Waals surface area contributed by atoms with Gasteiger partial charge in [0.25, 0.3) is 5.91 Å². The summed E-state index contributed by atoms with van der Waals surface area (Å²) in [4.78, 5) is 11.2. The Kier molecular flexibility index (Phi) is 3.68. The Morgan fingerprint density at radius 3 is 3.00 bits per heavy atom. The van der Waals surface area contributed by atoms with Gasteiger partial charge < -0.3 is 5.32 Å². The number of carbonyl (C=O) groups is 1. The zero-order valence-corrected chi connectivity index (χ0v) is 8.15. The predicted molar refractivity (Wildman–Crippen MR) is 50.7 cm³/mol. The SMILES string of the molecule is C#CCCNC(=O)c1nnc(Cl)s1. The quantitative estimate of drug-likeness (QED) is 0.603. The molecule has 0 aromatic carbocycles. The Morgan fingerprint density at radius 1 is 1.69 bits per heavy atom. The Morgan fingerprint density at radius 2 is 2.46 bits per heavy atom. The number of rotatable bonds is 3. The van der Waals surface area contributed by atoms with E-state index in [0.29, 0.717) is 13.0 Å². The summed E-state index contributed by atoms with van der Waals surface area (Å²) >= 11 is 6.53. The number of nitrogens with zero attached hydrogens (tertiary/aromatic N) is 2. The number of hydrogen-bond donors (Lipinski definition) is 1. The average molecular weight is 216 g/mol. The Bertz CT molecular complexity index is 344. The molecule has 1 amide bonds. The van der Waals surface area contributed by atoms with E-state index in [9.17, 15) is 4.79 Å².